The van der Waals surface area contributed by atoms with Crippen LogP contribution < -0.4 is 5.32 Å². The number of carbonyl (C=O) groups excluding carboxylic acids is 1. The van der Waals surface area contributed by atoms with Crippen LogP contribution in [0.1, 0.15) is 27.2 Å². The predicted octanol–water partition coefficient (Wildman–Crippen LogP) is 2.62. The molecule has 21 heavy (non-hydrogen) atoms. The Kier molecular flexibility index (Phi) is 4.56. The molecule has 0 radical (unpaired) electrons. The van der Waals surface area contributed by atoms with Crippen LogP contribution in [0.15, 0.2) is 47.1 Å². The highest BCUT2D eigenvalue weighted by Crippen LogP contribution is 2.08. The number of nitrogens with one attached hydrogen (secondary N) is 1. The van der Waals surface area contributed by atoms with E-state index in [1.807, 2.05) is 12.1 Å². The average molecular weight is 285 g/mol. The highest BCUT2D eigenvalue weighted by atomic mass is 16.4. The topological polar surface area (TPSA) is 79.5 Å². The van der Waals surface area contributed by atoms with Crippen LogP contribution in [0.4, 0.5) is 0 Å². The molecule has 2 rings (SSSR count). The number of aliphatic carboxylic acids is 1. The summed E-state index contributed by atoms with van der Waals surface area (Å²) in [5.74, 6) is -0.488. The molecule has 0 saturated heterocycles. The highest BCUT2D eigenvalue weighted by Gasteiger charge is 2.07. The Bertz CT molecular complexity index is 668. The molecule has 5 nitrogen and oxygen atoms in total. The minimum atomic E-state index is -0.984. The Hall–Kier alpha value is -2.82. The summed E-state index contributed by atoms with van der Waals surface area (Å²) in [6.45, 7) is 2.17. The van der Waals surface area contributed by atoms with Gasteiger partial charge in [-0.05, 0) is 30.2 Å². The second kappa shape index (κ2) is 6.56. The Balaban J connectivity index is 1.92. The summed E-state index contributed by atoms with van der Waals surface area (Å²) in [6.07, 6.45) is 4.02. The number of aryl methyl sites for hydroxylation is 1. The van der Waals surface area contributed by atoms with Crippen LogP contribution in [-0.4, -0.2) is 17.0 Å². The third-order valence-corrected chi connectivity index (χ3v) is 2.84. The lowest BCUT2D eigenvalue weighted by Crippen LogP contribution is -2.22. The molecule has 2 N–H and O–H groups in total. The zero-order valence-electron chi connectivity index (χ0n) is 11.5. The van der Waals surface area contributed by atoms with Gasteiger partial charge in [-0.3, -0.25) is 4.79 Å². The van der Waals surface area contributed by atoms with Crippen molar-refractivity contribution in [2.45, 2.75) is 13.5 Å². The molecule has 0 fully saturated rings. The van der Waals surface area contributed by atoms with Crippen LogP contribution in [0.25, 0.3) is 6.08 Å². The van der Waals surface area contributed by atoms with Gasteiger partial charge >= 0.3 is 5.97 Å². The standard InChI is InChI=1S/C16H15NO4/c1-11-8-14(10-21-11)16(20)17-9-13-4-2-12(3-5-13)6-7-15(18)19/h2-8,10H,9H2,1H3,(H,17,20)(H,18,19)/b7-6+. The number of amides is 1. The smallest absolute Gasteiger partial charge is 0.328 e. The van der Waals surface area contributed by atoms with E-state index in [2.05, 4.69) is 5.32 Å². The van der Waals surface area contributed by atoms with Crippen LogP contribution in [0.3, 0.4) is 0 Å². The van der Waals surface area contributed by atoms with Crippen molar-refractivity contribution in [3.8, 4) is 0 Å². The van der Waals surface area contributed by atoms with E-state index >= 15 is 0 Å². The van der Waals surface area contributed by atoms with Gasteiger partial charge in [-0.15, -0.1) is 0 Å². The molecule has 0 bridgehead atoms. The molecule has 5 heteroatoms. The molecule has 0 aliphatic rings. The van der Waals surface area contributed by atoms with Gasteiger partial charge in [-0.2, -0.15) is 0 Å². The lowest BCUT2D eigenvalue weighted by Gasteiger charge is -2.04. The summed E-state index contributed by atoms with van der Waals surface area (Å²) >= 11 is 0. The molecular weight excluding hydrogens is 270 g/mol. The van der Waals surface area contributed by atoms with Crippen LogP contribution in [0, 0.1) is 6.92 Å². The Morgan fingerprint density at radius 2 is 2.00 bits per heavy atom. The van der Waals surface area contributed by atoms with Gasteiger partial charge in [0.25, 0.3) is 5.91 Å². The van der Waals surface area contributed by atoms with Gasteiger partial charge < -0.3 is 14.8 Å². The Morgan fingerprint density at radius 1 is 1.29 bits per heavy atom. The quantitative estimate of drug-likeness (QED) is 0.828. The van der Waals surface area contributed by atoms with Gasteiger partial charge in [0, 0.05) is 12.6 Å². The van der Waals surface area contributed by atoms with Crippen LogP contribution in [-0.2, 0) is 11.3 Å². The van der Waals surface area contributed by atoms with Crippen molar-refractivity contribution in [3.63, 3.8) is 0 Å². The van der Waals surface area contributed by atoms with E-state index < -0.39 is 5.97 Å². The van der Waals surface area contributed by atoms with Gasteiger partial charge in [0.1, 0.15) is 12.0 Å². The minimum Gasteiger partial charge on any atom is -0.478 e. The number of carboxylic acid groups (broad SMARTS) is 1. The normalized spacial score (nSPS) is 10.7. The van der Waals surface area contributed by atoms with Crippen LogP contribution in [0.2, 0.25) is 0 Å². The summed E-state index contributed by atoms with van der Waals surface area (Å²) in [7, 11) is 0. The van der Waals surface area contributed by atoms with E-state index in [1.54, 1.807) is 25.1 Å². The SMILES string of the molecule is Cc1cc(C(=O)NCc2ccc(/C=C/C(=O)O)cc2)co1. The summed E-state index contributed by atoms with van der Waals surface area (Å²) in [5.41, 5.74) is 2.21. The first-order valence-electron chi connectivity index (χ1n) is 6.38. The molecule has 0 aliphatic heterocycles. The molecule has 1 aromatic heterocycles. The van der Waals surface area contributed by atoms with Gasteiger partial charge in [-0.1, -0.05) is 24.3 Å². The molecule has 108 valence electrons. The summed E-state index contributed by atoms with van der Waals surface area (Å²) in [6, 6.07) is 8.94. The van der Waals surface area contributed by atoms with E-state index in [0.29, 0.717) is 17.9 Å². The van der Waals surface area contributed by atoms with Gasteiger partial charge in [0.2, 0.25) is 0 Å². The Labute approximate surface area is 121 Å². The van der Waals surface area contributed by atoms with E-state index in [9.17, 15) is 9.59 Å². The van der Waals surface area contributed by atoms with E-state index in [0.717, 1.165) is 17.2 Å². The summed E-state index contributed by atoms with van der Waals surface area (Å²) < 4.78 is 5.08. The third-order valence-electron chi connectivity index (χ3n) is 2.84. The zero-order valence-corrected chi connectivity index (χ0v) is 11.5. The molecular formula is C16H15NO4. The zero-order chi connectivity index (χ0) is 15.2. The minimum absolute atomic E-state index is 0.193. The van der Waals surface area contributed by atoms with Gasteiger partial charge in [-0.25, -0.2) is 4.79 Å². The molecule has 0 saturated carbocycles. The van der Waals surface area contributed by atoms with Crippen LogP contribution in [0.5, 0.6) is 0 Å². The van der Waals surface area contributed by atoms with Crippen molar-refractivity contribution in [2.75, 3.05) is 0 Å². The number of hydrogen-bond donors (Lipinski definition) is 2. The molecule has 0 aliphatic carbocycles. The lowest BCUT2D eigenvalue weighted by molar-refractivity contribution is -0.131. The first-order chi connectivity index (χ1) is 10.0. The largest absolute Gasteiger partial charge is 0.478 e. The van der Waals surface area contributed by atoms with Crippen molar-refractivity contribution in [3.05, 3.63) is 65.1 Å². The Morgan fingerprint density at radius 3 is 2.57 bits per heavy atom. The first-order valence-corrected chi connectivity index (χ1v) is 6.38. The molecule has 0 unspecified atom stereocenters. The average Bonchev–Trinajstić information content (AvgIpc) is 2.90. The fourth-order valence-corrected chi connectivity index (χ4v) is 1.76. The molecule has 0 atom stereocenters. The maximum absolute atomic E-state index is 11.8. The number of furan rings is 1. The number of rotatable bonds is 5. The summed E-state index contributed by atoms with van der Waals surface area (Å²) in [4.78, 5) is 22.2. The van der Waals surface area contributed by atoms with Gasteiger partial charge in [0.15, 0.2) is 0 Å². The van der Waals surface area contributed by atoms with Crippen molar-refractivity contribution in [1.29, 1.82) is 0 Å². The van der Waals surface area contributed by atoms with Crippen LogP contribution >= 0.6 is 0 Å². The maximum Gasteiger partial charge on any atom is 0.328 e. The lowest BCUT2D eigenvalue weighted by atomic mass is 10.1. The number of benzene rings is 1. The van der Waals surface area contributed by atoms with Crippen molar-refractivity contribution in [2.24, 2.45) is 0 Å². The monoisotopic (exact) mass is 285 g/mol. The number of hydrogen-bond acceptors (Lipinski definition) is 3. The third kappa shape index (κ3) is 4.35. The van der Waals surface area contributed by atoms with Crippen molar-refractivity contribution >= 4 is 18.0 Å². The second-order valence-corrected chi connectivity index (χ2v) is 4.54. The van der Waals surface area contributed by atoms with Crippen molar-refractivity contribution in [1.82, 2.24) is 5.32 Å². The van der Waals surface area contributed by atoms with E-state index in [1.165, 1.54) is 12.3 Å². The second-order valence-electron chi connectivity index (χ2n) is 4.54. The number of carboxylic acids is 1. The molecule has 0 spiro atoms. The molecule has 1 aromatic carbocycles. The predicted molar refractivity (Wildman–Crippen MR) is 77.7 cm³/mol. The van der Waals surface area contributed by atoms with E-state index in [-0.39, 0.29) is 5.91 Å². The maximum atomic E-state index is 11.8. The fraction of sp³-hybridized carbons (Fsp3) is 0.125. The first kappa shape index (κ1) is 14.6. The molecule has 1 heterocycles. The highest BCUT2D eigenvalue weighted by molar-refractivity contribution is 5.93. The number of carbonyl (C=O) groups is 2. The molecule has 2 aromatic rings. The summed E-state index contributed by atoms with van der Waals surface area (Å²) in [5, 5.41) is 11.3. The van der Waals surface area contributed by atoms with Gasteiger partial charge in [0.05, 0.1) is 5.56 Å². The molecule has 1 amide bonds. The fourth-order valence-electron chi connectivity index (χ4n) is 1.76. The van der Waals surface area contributed by atoms with E-state index in [4.69, 9.17) is 9.52 Å². The van der Waals surface area contributed by atoms with Crippen molar-refractivity contribution < 1.29 is 19.1 Å².